The Morgan fingerprint density at radius 3 is 1.32 bits per heavy atom. The lowest BCUT2D eigenvalue weighted by Crippen LogP contribution is -2.00. The summed E-state index contributed by atoms with van der Waals surface area (Å²) in [4.78, 5) is 20.7. The second-order valence-corrected chi connectivity index (χ2v) is 15.8. The average Bonchev–Trinajstić information content (AvgIpc) is 3.71. The van der Waals surface area contributed by atoms with Crippen LogP contribution in [-0.2, 0) is 0 Å². The van der Waals surface area contributed by atoms with Gasteiger partial charge in [-0.3, -0.25) is 0 Å². The van der Waals surface area contributed by atoms with Crippen LogP contribution in [-0.4, -0.2) is 24.5 Å². The Morgan fingerprint density at radius 1 is 0.302 bits per heavy atom. The Balaban J connectivity index is 0.984. The van der Waals surface area contributed by atoms with Crippen LogP contribution in [0.25, 0.3) is 117 Å². The van der Waals surface area contributed by atoms with Gasteiger partial charge in [0.2, 0.25) is 0 Å². The largest absolute Gasteiger partial charge is 0.309 e. The summed E-state index contributed by atoms with van der Waals surface area (Å²) in [6, 6.07) is 78.6. The van der Waals surface area contributed by atoms with E-state index in [0.717, 1.165) is 72.2 Å². The molecule has 0 saturated carbocycles. The van der Waals surface area contributed by atoms with E-state index in [0.29, 0.717) is 17.5 Å². The zero-order valence-electron chi connectivity index (χ0n) is 34.1. The van der Waals surface area contributed by atoms with Crippen LogP contribution in [0.2, 0.25) is 0 Å². The molecule has 0 bridgehead atoms. The van der Waals surface area contributed by atoms with E-state index in [-0.39, 0.29) is 0 Å². The van der Waals surface area contributed by atoms with E-state index in [1.807, 2.05) is 36.4 Å². The normalized spacial score (nSPS) is 11.5. The molecule has 0 amide bonds. The molecule has 0 aliphatic rings. The van der Waals surface area contributed by atoms with Crippen LogP contribution in [0, 0.1) is 0 Å². The molecule has 0 spiro atoms. The van der Waals surface area contributed by atoms with Crippen molar-refractivity contribution in [1.82, 2.24) is 24.5 Å². The molecular weight excluding hydrogens is 767 g/mol. The average molecular weight is 804 g/mol. The first-order chi connectivity index (χ1) is 31.2. The van der Waals surface area contributed by atoms with Gasteiger partial charge in [0.15, 0.2) is 17.5 Å². The molecule has 12 rings (SSSR count). The van der Waals surface area contributed by atoms with Crippen molar-refractivity contribution >= 4 is 43.5 Å². The first-order valence-corrected chi connectivity index (χ1v) is 21.2. The highest BCUT2D eigenvalue weighted by atomic mass is 15.0. The number of para-hydroxylation sites is 2. The van der Waals surface area contributed by atoms with Crippen molar-refractivity contribution in [2.45, 2.75) is 0 Å². The lowest BCUT2D eigenvalue weighted by molar-refractivity contribution is 1.07. The van der Waals surface area contributed by atoms with Crippen molar-refractivity contribution in [2.75, 3.05) is 0 Å². The zero-order chi connectivity index (χ0) is 41.7. The molecule has 0 saturated heterocycles. The van der Waals surface area contributed by atoms with E-state index in [1.54, 1.807) is 0 Å². The number of benzene rings is 9. The van der Waals surface area contributed by atoms with Gasteiger partial charge in [-0.25, -0.2) is 19.9 Å². The summed E-state index contributed by atoms with van der Waals surface area (Å²) in [5.41, 5.74) is 13.6. The van der Waals surface area contributed by atoms with Gasteiger partial charge < -0.3 is 4.57 Å². The maximum absolute atomic E-state index is 5.45. The highest BCUT2D eigenvalue weighted by molar-refractivity contribution is 6.18. The zero-order valence-corrected chi connectivity index (χ0v) is 34.1. The molecule has 0 aliphatic carbocycles. The quantitative estimate of drug-likeness (QED) is 0.151. The first-order valence-electron chi connectivity index (χ1n) is 21.2. The summed E-state index contributed by atoms with van der Waals surface area (Å²) < 4.78 is 2.32. The SMILES string of the molecule is c1ccc(-c2cc(-c3ccccc3)c3c(n2)c(-c2ccc(-c4nc(-c5ccccc5)nc(-c5ccc(-n6c7ccccc7c7ccccc76)cc5)n4)cc2)cc2ccccc23)cc1. The molecule has 12 aromatic rings. The second-order valence-electron chi connectivity index (χ2n) is 15.8. The van der Waals surface area contributed by atoms with Gasteiger partial charge in [-0.05, 0) is 76.0 Å². The molecule has 63 heavy (non-hydrogen) atoms. The lowest BCUT2D eigenvalue weighted by Gasteiger charge is -2.17. The first kappa shape index (κ1) is 36.3. The highest BCUT2D eigenvalue weighted by Gasteiger charge is 2.19. The summed E-state index contributed by atoms with van der Waals surface area (Å²) in [6.07, 6.45) is 0. The third-order valence-electron chi connectivity index (χ3n) is 12.0. The molecule has 0 unspecified atom stereocenters. The predicted octanol–water partition coefficient (Wildman–Crippen LogP) is 14.7. The maximum Gasteiger partial charge on any atom is 0.164 e. The van der Waals surface area contributed by atoms with Gasteiger partial charge in [0.05, 0.1) is 22.2 Å². The molecule has 0 N–H and O–H groups in total. The van der Waals surface area contributed by atoms with Crippen molar-refractivity contribution in [3.63, 3.8) is 0 Å². The Morgan fingerprint density at radius 2 is 0.730 bits per heavy atom. The molecule has 0 atom stereocenters. The fourth-order valence-corrected chi connectivity index (χ4v) is 9.02. The number of aromatic nitrogens is 5. The Bertz CT molecular complexity index is 3580. The van der Waals surface area contributed by atoms with Gasteiger partial charge in [-0.2, -0.15) is 0 Å². The Kier molecular flexibility index (Phi) is 8.75. The molecule has 0 fully saturated rings. The van der Waals surface area contributed by atoms with E-state index < -0.39 is 0 Å². The van der Waals surface area contributed by atoms with Crippen molar-refractivity contribution < 1.29 is 0 Å². The molecule has 0 radical (unpaired) electrons. The number of pyridine rings is 1. The number of fused-ring (bicyclic) bond motifs is 6. The van der Waals surface area contributed by atoms with E-state index in [4.69, 9.17) is 19.9 Å². The Labute approximate surface area is 364 Å². The van der Waals surface area contributed by atoms with Crippen LogP contribution < -0.4 is 0 Å². The van der Waals surface area contributed by atoms with Crippen LogP contribution in [0.3, 0.4) is 0 Å². The van der Waals surface area contributed by atoms with Gasteiger partial charge in [0.1, 0.15) is 0 Å². The van der Waals surface area contributed by atoms with Crippen molar-refractivity contribution in [3.05, 3.63) is 224 Å². The summed E-state index contributed by atoms with van der Waals surface area (Å²) in [5, 5.41) is 5.94. The Hall–Kier alpha value is -8.54. The number of rotatable bonds is 7. The van der Waals surface area contributed by atoms with Crippen molar-refractivity contribution in [1.29, 1.82) is 0 Å². The monoisotopic (exact) mass is 803 g/mol. The summed E-state index contributed by atoms with van der Waals surface area (Å²) >= 11 is 0. The standard InChI is InChI=1S/C58H37N5/c1-4-16-38(17-5-1)49-37-51(40-18-6-2-7-19-40)59-55-50(36-44-22-10-11-23-46(44)54(49)55)39-28-30-42(31-29-39)57-60-56(41-20-8-3-9-21-41)61-58(62-57)43-32-34-45(35-33-43)63-52-26-14-12-24-47(52)48-25-13-15-27-53(48)63/h1-37H. The van der Waals surface area contributed by atoms with E-state index in [2.05, 4.69) is 193 Å². The number of nitrogens with zero attached hydrogens (tertiary/aromatic N) is 5. The van der Waals surface area contributed by atoms with Crippen molar-refractivity contribution in [2.24, 2.45) is 0 Å². The fourth-order valence-electron chi connectivity index (χ4n) is 9.02. The molecule has 294 valence electrons. The van der Waals surface area contributed by atoms with E-state index in [9.17, 15) is 0 Å². The van der Waals surface area contributed by atoms with Gasteiger partial charge in [-0.15, -0.1) is 0 Å². The smallest absolute Gasteiger partial charge is 0.164 e. The molecule has 9 aromatic carbocycles. The predicted molar refractivity (Wildman–Crippen MR) is 260 cm³/mol. The summed E-state index contributed by atoms with van der Waals surface area (Å²) in [7, 11) is 0. The van der Waals surface area contributed by atoms with Crippen LogP contribution in [0.1, 0.15) is 0 Å². The van der Waals surface area contributed by atoms with Crippen molar-refractivity contribution in [3.8, 4) is 73.4 Å². The minimum atomic E-state index is 0.607. The van der Waals surface area contributed by atoms with Crippen LogP contribution in [0.5, 0.6) is 0 Å². The van der Waals surface area contributed by atoms with Crippen LogP contribution >= 0.6 is 0 Å². The summed E-state index contributed by atoms with van der Waals surface area (Å²) in [6.45, 7) is 0. The third kappa shape index (κ3) is 6.42. The van der Waals surface area contributed by atoms with E-state index >= 15 is 0 Å². The lowest BCUT2D eigenvalue weighted by atomic mass is 9.90. The molecule has 0 aliphatic heterocycles. The minimum Gasteiger partial charge on any atom is -0.309 e. The van der Waals surface area contributed by atoms with Crippen LogP contribution in [0.15, 0.2) is 224 Å². The fraction of sp³-hybridized carbons (Fsp3) is 0. The minimum absolute atomic E-state index is 0.607. The summed E-state index contributed by atoms with van der Waals surface area (Å²) in [5.74, 6) is 1.84. The highest BCUT2D eigenvalue weighted by Crippen LogP contribution is 2.42. The number of hydrogen-bond acceptors (Lipinski definition) is 4. The third-order valence-corrected chi connectivity index (χ3v) is 12.0. The van der Waals surface area contributed by atoms with Gasteiger partial charge in [0.25, 0.3) is 0 Å². The van der Waals surface area contributed by atoms with E-state index in [1.165, 1.54) is 27.2 Å². The second kappa shape index (κ2) is 15.2. The van der Waals surface area contributed by atoms with Gasteiger partial charge in [-0.1, -0.05) is 176 Å². The molecule has 3 aromatic heterocycles. The molecule has 5 nitrogen and oxygen atoms in total. The topological polar surface area (TPSA) is 56.5 Å². The molecule has 5 heteroatoms. The molecular formula is C58H37N5. The van der Waals surface area contributed by atoms with Gasteiger partial charge in [0, 0.05) is 49.7 Å². The molecule has 3 heterocycles. The number of hydrogen-bond donors (Lipinski definition) is 0. The maximum atomic E-state index is 5.45. The van der Waals surface area contributed by atoms with Gasteiger partial charge >= 0.3 is 0 Å². The van der Waals surface area contributed by atoms with Crippen LogP contribution in [0.4, 0.5) is 0 Å².